The zero-order chi connectivity index (χ0) is 33.5. The number of rotatable bonds is 5. The standard InChI is InChI=1S/C39H54O7/c1-34(2)29-13-16-38(6)30(36(29,4)15-14-31(34)42)11-9-25-26-22-35(3,17-19-39(26,33(44)45)20-18-37(25,38)5)23-46-32(43)12-8-24-7-10-27(40)28(41)21-24/h7-10,12,21,26,29-31,40-42H,11,13-20,22-23H2,1-6H3,(H,44,45). The van der Waals surface area contributed by atoms with Crippen LogP contribution in [0.5, 0.6) is 11.5 Å². The number of aliphatic hydroxyl groups excluding tert-OH is 1. The second-order valence-electron chi connectivity index (χ2n) is 17.4. The minimum Gasteiger partial charge on any atom is -0.504 e. The average Bonchev–Trinajstić information content (AvgIpc) is 2.99. The van der Waals surface area contributed by atoms with E-state index in [0.29, 0.717) is 43.1 Å². The summed E-state index contributed by atoms with van der Waals surface area (Å²) in [5, 5.41) is 41.1. The third-order valence-electron chi connectivity index (χ3n) is 14.9. The highest BCUT2D eigenvalue weighted by molar-refractivity contribution is 5.87. The van der Waals surface area contributed by atoms with Crippen LogP contribution < -0.4 is 0 Å². The number of carboxylic acid groups (broad SMARTS) is 1. The molecular weight excluding hydrogens is 580 g/mol. The molecule has 0 amide bonds. The second-order valence-corrected chi connectivity index (χ2v) is 17.4. The summed E-state index contributed by atoms with van der Waals surface area (Å²) in [4.78, 5) is 25.9. The number of esters is 1. The van der Waals surface area contributed by atoms with Gasteiger partial charge in [-0.2, -0.15) is 0 Å². The third-order valence-corrected chi connectivity index (χ3v) is 14.9. The third kappa shape index (κ3) is 4.77. The number of aliphatic carboxylic acids is 1. The Balaban J connectivity index is 1.26. The van der Waals surface area contributed by atoms with Gasteiger partial charge in [0.2, 0.25) is 0 Å². The fraction of sp³-hybridized carbons (Fsp3) is 0.692. The molecule has 46 heavy (non-hydrogen) atoms. The first kappa shape index (κ1) is 33.1. The molecule has 4 fully saturated rings. The van der Waals surface area contributed by atoms with Crippen molar-refractivity contribution < 1.29 is 34.8 Å². The van der Waals surface area contributed by atoms with Crippen LogP contribution in [0.2, 0.25) is 0 Å². The van der Waals surface area contributed by atoms with Crippen molar-refractivity contribution in [2.45, 2.75) is 112 Å². The lowest BCUT2D eigenvalue weighted by molar-refractivity contribution is -0.206. The number of allylic oxidation sites excluding steroid dienone is 2. The number of hydrogen-bond donors (Lipinski definition) is 4. The first-order valence-corrected chi connectivity index (χ1v) is 17.4. The molecule has 0 saturated heterocycles. The molecule has 7 heteroatoms. The van der Waals surface area contributed by atoms with Gasteiger partial charge in [-0.05, 0) is 127 Å². The molecule has 0 bridgehead atoms. The van der Waals surface area contributed by atoms with Gasteiger partial charge in [-0.15, -0.1) is 0 Å². The van der Waals surface area contributed by atoms with E-state index < -0.39 is 17.4 Å². The normalized spacial score (nSPS) is 43.0. The number of phenolic OH excluding ortho intramolecular Hbond substituents is 2. The monoisotopic (exact) mass is 634 g/mol. The van der Waals surface area contributed by atoms with Gasteiger partial charge >= 0.3 is 11.9 Å². The number of aromatic hydroxyl groups is 2. The Labute approximate surface area is 274 Å². The number of carbonyl (C=O) groups is 2. The molecule has 1 aromatic carbocycles. The smallest absolute Gasteiger partial charge is 0.330 e. The van der Waals surface area contributed by atoms with Crippen molar-refractivity contribution in [2.75, 3.05) is 6.61 Å². The van der Waals surface area contributed by atoms with Crippen molar-refractivity contribution in [3.8, 4) is 11.5 Å². The quantitative estimate of drug-likeness (QED) is 0.112. The number of benzene rings is 1. The van der Waals surface area contributed by atoms with E-state index in [1.165, 1.54) is 23.8 Å². The number of phenols is 2. The van der Waals surface area contributed by atoms with Crippen LogP contribution >= 0.6 is 0 Å². The van der Waals surface area contributed by atoms with Gasteiger partial charge in [0.25, 0.3) is 0 Å². The molecule has 1 aromatic rings. The van der Waals surface area contributed by atoms with E-state index in [4.69, 9.17) is 4.74 Å². The first-order chi connectivity index (χ1) is 21.4. The van der Waals surface area contributed by atoms with E-state index in [9.17, 15) is 30.0 Å². The summed E-state index contributed by atoms with van der Waals surface area (Å²) in [7, 11) is 0. The van der Waals surface area contributed by atoms with Crippen LogP contribution in [0.1, 0.15) is 111 Å². The predicted octanol–water partition coefficient (Wildman–Crippen LogP) is 7.88. The molecule has 0 aromatic heterocycles. The highest BCUT2D eigenvalue weighted by Gasteiger charge is 2.69. The van der Waals surface area contributed by atoms with Crippen LogP contribution in [0.15, 0.2) is 35.9 Å². The van der Waals surface area contributed by atoms with Crippen molar-refractivity contribution in [3.05, 3.63) is 41.5 Å². The van der Waals surface area contributed by atoms with Gasteiger partial charge in [0.15, 0.2) is 11.5 Å². The first-order valence-electron chi connectivity index (χ1n) is 17.4. The molecule has 9 unspecified atom stereocenters. The molecule has 4 N–H and O–H groups in total. The average molecular weight is 635 g/mol. The van der Waals surface area contributed by atoms with Gasteiger partial charge in [-0.1, -0.05) is 59.3 Å². The number of ether oxygens (including phenoxy) is 1. The maximum atomic E-state index is 13.2. The molecule has 6 rings (SSSR count). The van der Waals surface area contributed by atoms with Crippen molar-refractivity contribution in [2.24, 2.45) is 50.2 Å². The lowest BCUT2D eigenvalue weighted by atomic mass is 9.33. The molecular formula is C39H54O7. The van der Waals surface area contributed by atoms with Crippen molar-refractivity contribution in [1.29, 1.82) is 0 Å². The fourth-order valence-corrected chi connectivity index (χ4v) is 11.8. The Bertz CT molecular complexity index is 1480. The summed E-state index contributed by atoms with van der Waals surface area (Å²) in [6.07, 6.45) is 13.5. The van der Waals surface area contributed by atoms with Gasteiger partial charge in [0, 0.05) is 11.5 Å². The van der Waals surface area contributed by atoms with Crippen molar-refractivity contribution in [3.63, 3.8) is 0 Å². The Kier molecular flexibility index (Phi) is 7.82. The molecule has 5 aliphatic carbocycles. The lowest BCUT2D eigenvalue weighted by Gasteiger charge is -2.71. The Hall–Kier alpha value is -2.80. The molecule has 252 valence electrons. The Morgan fingerprint density at radius 3 is 2.33 bits per heavy atom. The van der Waals surface area contributed by atoms with Crippen LogP contribution in [0.4, 0.5) is 0 Å². The van der Waals surface area contributed by atoms with Gasteiger partial charge in [0.1, 0.15) is 0 Å². The number of fused-ring (bicyclic) bond motifs is 7. The van der Waals surface area contributed by atoms with E-state index in [-0.39, 0.29) is 57.2 Å². The maximum Gasteiger partial charge on any atom is 0.330 e. The fourth-order valence-electron chi connectivity index (χ4n) is 11.8. The van der Waals surface area contributed by atoms with E-state index in [1.54, 1.807) is 12.1 Å². The molecule has 9 atom stereocenters. The summed E-state index contributed by atoms with van der Waals surface area (Å²) < 4.78 is 5.78. The van der Waals surface area contributed by atoms with Crippen molar-refractivity contribution in [1.82, 2.24) is 0 Å². The summed E-state index contributed by atoms with van der Waals surface area (Å²) >= 11 is 0. The van der Waals surface area contributed by atoms with Crippen LogP contribution in [-0.4, -0.2) is 45.1 Å². The van der Waals surface area contributed by atoms with Gasteiger partial charge in [0.05, 0.1) is 18.1 Å². The molecule has 7 nitrogen and oxygen atoms in total. The SMILES string of the molecule is CC1(COC(=O)C=Cc2ccc(O)c(O)c2)CCC2(C(=O)O)CCC3(C)C(=CCC4C5(C)CCC(O)C(C)(C)C5CCC43C)C2C1. The predicted molar refractivity (Wildman–Crippen MR) is 177 cm³/mol. The summed E-state index contributed by atoms with van der Waals surface area (Å²) in [5.41, 5.74) is 0.694. The molecule has 5 aliphatic rings. The molecule has 0 heterocycles. The van der Waals surface area contributed by atoms with E-state index in [1.807, 2.05) is 0 Å². The molecule has 0 spiro atoms. The van der Waals surface area contributed by atoms with Crippen molar-refractivity contribution >= 4 is 18.0 Å². The van der Waals surface area contributed by atoms with Crippen LogP contribution in [-0.2, 0) is 14.3 Å². The van der Waals surface area contributed by atoms with E-state index in [2.05, 4.69) is 47.6 Å². The second kappa shape index (κ2) is 10.9. The zero-order valence-electron chi connectivity index (χ0n) is 28.6. The van der Waals surface area contributed by atoms with Crippen LogP contribution in [0, 0.1) is 50.2 Å². The summed E-state index contributed by atoms with van der Waals surface area (Å²) in [6.45, 7) is 14.3. The topological polar surface area (TPSA) is 124 Å². The molecule has 4 saturated carbocycles. The van der Waals surface area contributed by atoms with Gasteiger partial charge < -0.3 is 25.2 Å². The molecule has 0 radical (unpaired) electrons. The summed E-state index contributed by atoms with van der Waals surface area (Å²) in [6, 6.07) is 4.34. The van der Waals surface area contributed by atoms with E-state index >= 15 is 0 Å². The maximum absolute atomic E-state index is 13.2. The minimum atomic E-state index is -0.795. The number of carboxylic acids is 1. The van der Waals surface area contributed by atoms with Crippen LogP contribution in [0.3, 0.4) is 0 Å². The van der Waals surface area contributed by atoms with Crippen LogP contribution in [0.25, 0.3) is 6.08 Å². The number of carbonyl (C=O) groups excluding carboxylic acids is 1. The minimum absolute atomic E-state index is 0.0408. The Morgan fingerprint density at radius 1 is 0.913 bits per heavy atom. The number of hydrogen-bond acceptors (Lipinski definition) is 6. The largest absolute Gasteiger partial charge is 0.504 e. The Morgan fingerprint density at radius 2 is 1.63 bits per heavy atom. The summed E-state index contributed by atoms with van der Waals surface area (Å²) in [5.74, 6) is -0.825. The lowest BCUT2D eigenvalue weighted by Crippen LogP contribution is -2.65. The number of aliphatic hydroxyl groups is 1. The highest BCUT2D eigenvalue weighted by Crippen LogP contribution is 2.75. The van der Waals surface area contributed by atoms with E-state index in [0.717, 1.165) is 38.5 Å². The van der Waals surface area contributed by atoms with Gasteiger partial charge in [-0.25, -0.2) is 4.79 Å². The van der Waals surface area contributed by atoms with Gasteiger partial charge in [-0.3, -0.25) is 4.79 Å². The zero-order valence-corrected chi connectivity index (χ0v) is 28.6. The molecule has 0 aliphatic heterocycles. The highest BCUT2D eigenvalue weighted by atomic mass is 16.5.